The van der Waals surface area contributed by atoms with Crippen LogP contribution < -0.4 is 5.73 Å². The quantitative estimate of drug-likeness (QED) is 0.206. The molecule has 0 saturated carbocycles. The lowest BCUT2D eigenvalue weighted by molar-refractivity contribution is 0.103. The van der Waals surface area contributed by atoms with Gasteiger partial charge >= 0.3 is 0 Å². The minimum Gasteiger partial charge on any atom is -0.325 e. The molecule has 190 valence electrons. The standard InChI is InChI=1S/C33H53N/c1-4-5-6-7-8-9-10-11-12-13-20-27-33(32(2,3)34,28-25-30-21-16-14-17-22-30)29-26-31-23-18-15-19-24-31/h14-19,21-24H,4-13,20,25-29,34H2,1-3H3. The summed E-state index contributed by atoms with van der Waals surface area (Å²) in [7, 11) is 0. The van der Waals surface area contributed by atoms with Crippen LogP contribution in [-0.2, 0) is 12.8 Å². The summed E-state index contributed by atoms with van der Waals surface area (Å²) in [5.41, 5.74) is 9.83. The van der Waals surface area contributed by atoms with E-state index in [1.165, 1.54) is 101 Å². The Balaban J connectivity index is 1.88. The third-order valence-electron chi connectivity index (χ3n) is 8.10. The lowest BCUT2D eigenvalue weighted by atomic mass is 9.62. The number of unbranched alkanes of at least 4 members (excludes halogenated alkanes) is 10. The molecule has 0 spiro atoms. The second-order valence-electron chi connectivity index (χ2n) is 11.3. The lowest BCUT2D eigenvalue weighted by Crippen LogP contribution is -2.51. The first kappa shape index (κ1) is 28.6. The van der Waals surface area contributed by atoms with Gasteiger partial charge in [-0.25, -0.2) is 0 Å². The van der Waals surface area contributed by atoms with Crippen molar-refractivity contribution in [1.29, 1.82) is 0 Å². The van der Waals surface area contributed by atoms with Crippen LogP contribution in [0.25, 0.3) is 0 Å². The number of rotatable bonds is 19. The first-order chi connectivity index (χ1) is 16.5. The maximum Gasteiger partial charge on any atom is 0.0154 e. The van der Waals surface area contributed by atoms with Gasteiger partial charge in [0.2, 0.25) is 0 Å². The molecule has 0 saturated heterocycles. The van der Waals surface area contributed by atoms with E-state index in [-0.39, 0.29) is 11.0 Å². The highest BCUT2D eigenvalue weighted by Crippen LogP contribution is 2.44. The van der Waals surface area contributed by atoms with Crippen molar-refractivity contribution in [3.8, 4) is 0 Å². The summed E-state index contributed by atoms with van der Waals surface area (Å²) >= 11 is 0. The molecule has 2 N–H and O–H groups in total. The molecule has 0 aromatic heterocycles. The van der Waals surface area contributed by atoms with Gasteiger partial charge in [0.15, 0.2) is 0 Å². The Morgan fingerprint density at radius 2 is 0.912 bits per heavy atom. The van der Waals surface area contributed by atoms with Crippen molar-refractivity contribution in [2.45, 2.75) is 129 Å². The number of benzene rings is 2. The smallest absolute Gasteiger partial charge is 0.0154 e. The third kappa shape index (κ3) is 10.8. The van der Waals surface area contributed by atoms with E-state index in [0.29, 0.717) is 0 Å². The Kier molecular flexibility index (Phi) is 13.6. The molecule has 0 unspecified atom stereocenters. The molecule has 2 aromatic rings. The zero-order valence-electron chi connectivity index (χ0n) is 22.7. The topological polar surface area (TPSA) is 26.0 Å². The van der Waals surface area contributed by atoms with Crippen LogP contribution in [0.5, 0.6) is 0 Å². The number of nitrogens with two attached hydrogens (primary N) is 1. The molecular formula is C33H53N. The summed E-state index contributed by atoms with van der Waals surface area (Å²) < 4.78 is 0. The minimum atomic E-state index is -0.185. The van der Waals surface area contributed by atoms with Crippen LogP contribution >= 0.6 is 0 Å². The first-order valence-electron chi connectivity index (χ1n) is 14.3. The third-order valence-corrected chi connectivity index (χ3v) is 8.10. The molecule has 0 atom stereocenters. The van der Waals surface area contributed by atoms with E-state index in [1.807, 2.05) is 0 Å². The molecule has 0 aliphatic heterocycles. The van der Waals surface area contributed by atoms with Gasteiger partial charge in [-0.1, -0.05) is 138 Å². The van der Waals surface area contributed by atoms with E-state index >= 15 is 0 Å². The fraction of sp³-hybridized carbons (Fsp3) is 0.636. The summed E-state index contributed by atoms with van der Waals surface area (Å²) in [5, 5.41) is 0. The number of hydrogen-bond donors (Lipinski definition) is 1. The van der Waals surface area contributed by atoms with Gasteiger partial charge in [-0.15, -0.1) is 0 Å². The molecule has 1 nitrogen and oxygen atoms in total. The Morgan fingerprint density at radius 1 is 0.529 bits per heavy atom. The molecule has 0 aliphatic carbocycles. The Labute approximate surface area is 211 Å². The van der Waals surface area contributed by atoms with Crippen LogP contribution in [0.4, 0.5) is 0 Å². The van der Waals surface area contributed by atoms with Crippen molar-refractivity contribution in [2.24, 2.45) is 11.1 Å². The predicted molar refractivity (Wildman–Crippen MR) is 151 cm³/mol. The predicted octanol–water partition coefficient (Wildman–Crippen LogP) is 9.68. The second kappa shape index (κ2) is 16.1. The van der Waals surface area contributed by atoms with Gasteiger partial charge < -0.3 is 5.73 Å². The van der Waals surface area contributed by atoms with Crippen LogP contribution in [0.3, 0.4) is 0 Å². The van der Waals surface area contributed by atoms with Crippen molar-refractivity contribution in [3.05, 3.63) is 71.8 Å². The van der Waals surface area contributed by atoms with E-state index < -0.39 is 0 Å². The summed E-state index contributed by atoms with van der Waals surface area (Å²) in [6.07, 6.45) is 21.2. The number of hydrogen-bond acceptors (Lipinski definition) is 1. The molecule has 0 aliphatic rings. The maximum absolute atomic E-state index is 6.97. The fourth-order valence-corrected chi connectivity index (χ4v) is 5.53. The van der Waals surface area contributed by atoms with Gasteiger partial charge in [0, 0.05) is 5.54 Å². The molecule has 2 rings (SSSR count). The van der Waals surface area contributed by atoms with Crippen LogP contribution in [0, 0.1) is 5.41 Å². The van der Waals surface area contributed by atoms with E-state index in [9.17, 15) is 0 Å². The molecule has 2 aromatic carbocycles. The fourth-order valence-electron chi connectivity index (χ4n) is 5.53. The van der Waals surface area contributed by atoms with Crippen LogP contribution in [-0.4, -0.2) is 5.54 Å². The molecule has 0 amide bonds. The largest absolute Gasteiger partial charge is 0.325 e. The highest BCUT2D eigenvalue weighted by molar-refractivity contribution is 5.17. The second-order valence-corrected chi connectivity index (χ2v) is 11.3. The molecular weight excluding hydrogens is 410 g/mol. The van der Waals surface area contributed by atoms with Crippen molar-refractivity contribution < 1.29 is 0 Å². The zero-order valence-corrected chi connectivity index (χ0v) is 22.7. The summed E-state index contributed by atoms with van der Waals surface area (Å²) in [6.45, 7) is 6.85. The zero-order chi connectivity index (χ0) is 24.5. The Morgan fingerprint density at radius 3 is 1.29 bits per heavy atom. The van der Waals surface area contributed by atoms with Crippen LogP contribution in [0.2, 0.25) is 0 Å². The van der Waals surface area contributed by atoms with E-state index in [0.717, 1.165) is 12.8 Å². The van der Waals surface area contributed by atoms with E-state index in [1.54, 1.807) is 0 Å². The lowest BCUT2D eigenvalue weighted by Gasteiger charge is -2.46. The van der Waals surface area contributed by atoms with Gasteiger partial charge in [0.25, 0.3) is 0 Å². The van der Waals surface area contributed by atoms with E-state index in [2.05, 4.69) is 81.4 Å². The van der Waals surface area contributed by atoms with Crippen molar-refractivity contribution in [3.63, 3.8) is 0 Å². The first-order valence-corrected chi connectivity index (χ1v) is 14.3. The average Bonchev–Trinajstić information content (AvgIpc) is 2.84. The van der Waals surface area contributed by atoms with E-state index in [4.69, 9.17) is 5.73 Å². The Bertz CT molecular complexity index is 685. The van der Waals surface area contributed by atoms with Crippen molar-refractivity contribution in [1.82, 2.24) is 0 Å². The molecule has 1 heteroatoms. The highest BCUT2D eigenvalue weighted by atomic mass is 14.8. The van der Waals surface area contributed by atoms with Gasteiger partial charge in [0.1, 0.15) is 0 Å². The Hall–Kier alpha value is -1.60. The molecule has 0 radical (unpaired) electrons. The van der Waals surface area contributed by atoms with Crippen LogP contribution in [0.15, 0.2) is 60.7 Å². The summed E-state index contributed by atoms with van der Waals surface area (Å²) in [4.78, 5) is 0. The highest BCUT2D eigenvalue weighted by Gasteiger charge is 2.41. The average molecular weight is 464 g/mol. The monoisotopic (exact) mass is 463 g/mol. The van der Waals surface area contributed by atoms with Gasteiger partial charge in [0.05, 0.1) is 0 Å². The molecule has 34 heavy (non-hydrogen) atoms. The van der Waals surface area contributed by atoms with Crippen LogP contribution in [0.1, 0.15) is 122 Å². The molecule has 0 bridgehead atoms. The SMILES string of the molecule is CCCCCCCCCCCCCC(CCc1ccccc1)(CCc1ccccc1)C(C)(C)N. The van der Waals surface area contributed by atoms with Crippen molar-refractivity contribution in [2.75, 3.05) is 0 Å². The molecule has 0 heterocycles. The minimum absolute atomic E-state index is 0.165. The van der Waals surface area contributed by atoms with Gasteiger partial charge in [-0.05, 0) is 62.5 Å². The normalized spacial score (nSPS) is 12.2. The van der Waals surface area contributed by atoms with Gasteiger partial charge in [-0.3, -0.25) is 0 Å². The van der Waals surface area contributed by atoms with Gasteiger partial charge in [-0.2, -0.15) is 0 Å². The summed E-state index contributed by atoms with van der Waals surface area (Å²) in [6, 6.07) is 22.0. The molecule has 0 fully saturated rings. The van der Waals surface area contributed by atoms with Crippen molar-refractivity contribution >= 4 is 0 Å². The number of aryl methyl sites for hydroxylation is 2. The summed E-state index contributed by atoms with van der Waals surface area (Å²) in [5.74, 6) is 0. The maximum atomic E-state index is 6.97.